The second-order valence-corrected chi connectivity index (χ2v) is 8.95. The van der Waals surface area contributed by atoms with Crippen molar-refractivity contribution in [3.63, 3.8) is 0 Å². The first-order valence-corrected chi connectivity index (χ1v) is 11.9. The van der Waals surface area contributed by atoms with E-state index in [4.69, 9.17) is 10.5 Å². The average molecular weight is 455 g/mol. The molecular formula is C25H34N4O2S. The molecule has 7 heteroatoms. The molecule has 1 aromatic rings. The molecule has 1 aliphatic rings. The summed E-state index contributed by atoms with van der Waals surface area (Å²) in [7, 11) is 0.646. The predicted octanol–water partition coefficient (Wildman–Crippen LogP) is 3.64. The summed E-state index contributed by atoms with van der Waals surface area (Å²) in [6, 6.07) is 7.76. The Balaban J connectivity index is 1.82. The largest absolute Gasteiger partial charge is 0.497 e. The smallest absolute Gasteiger partial charge is 0.119 e. The zero-order chi connectivity index (χ0) is 23.2. The molecule has 1 atom stereocenters. The van der Waals surface area contributed by atoms with E-state index in [2.05, 4.69) is 22.2 Å². The minimum atomic E-state index is -0.997. The number of benzene rings is 1. The molecule has 1 aromatic carbocycles. The lowest BCUT2D eigenvalue weighted by Gasteiger charge is -2.22. The quantitative estimate of drug-likeness (QED) is 0.351. The van der Waals surface area contributed by atoms with Crippen molar-refractivity contribution in [1.29, 1.82) is 0 Å². The van der Waals surface area contributed by atoms with Crippen LogP contribution in [0.5, 0.6) is 5.75 Å². The van der Waals surface area contributed by atoms with E-state index in [-0.39, 0.29) is 5.25 Å². The van der Waals surface area contributed by atoms with Gasteiger partial charge < -0.3 is 21.1 Å². The monoisotopic (exact) mass is 454 g/mol. The number of ether oxygens (including phenoxy) is 1. The number of nitrogens with zero attached hydrogens (tertiary/aromatic N) is 1. The molecule has 32 heavy (non-hydrogen) atoms. The van der Waals surface area contributed by atoms with Crippen molar-refractivity contribution < 1.29 is 8.95 Å². The molecule has 0 radical (unpaired) electrons. The normalized spacial score (nSPS) is 17.3. The Morgan fingerprint density at radius 2 is 2.12 bits per heavy atom. The van der Waals surface area contributed by atoms with Crippen LogP contribution in [-0.2, 0) is 10.8 Å². The highest BCUT2D eigenvalue weighted by atomic mass is 32.2. The Bertz CT molecular complexity index is 926. The second kappa shape index (κ2) is 14.2. The summed E-state index contributed by atoms with van der Waals surface area (Å²) in [5.41, 5.74) is 8.20. The molecule has 1 unspecified atom stereocenters. The Kier molecular flexibility index (Phi) is 11.3. The van der Waals surface area contributed by atoms with Crippen molar-refractivity contribution in [1.82, 2.24) is 10.6 Å². The lowest BCUT2D eigenvalue weighted by molar-refractivity contribution is 0.414. The predicted molar refractivity (Wildman–Crippen MR) is 137 cm³/mol. The molecule has 172 valence electrons. The molecule has 0 aromatic heterocycles. The molecule has 4 N–H and O–H groups in total. The number of hydrogen-bond acceptors (Lipinski definition) is 6. The molecule has 0 aliphatic carbocycles. The van der Waals surface area contributed by atoms with Gasteiger partial charge in [0.1, 0.15) is 12.4 Å². The van der Waals surface area contributed by atoms with Gasteiger partial charge in [-0.1, -0.05) is 36.9 Å². The Hall–Kier alpha value is -2.90. The standard InChI is InChI=1S/C25H34N4O2S/c1-4-24(32(30)25-12-14-27-15-13-25)11-8-20(2)29-19-28-18-22(17-26)10-9-21-6-5-7-23(16-21)31-3/h4-11,16-18,25,27,29H,2,12-15,19,26H2,1,3H3/b10-9+,11-8-,22-17-,24-4+,28-18-. The van der Waals surface area contributed by atoms with E-state index >= 15 is 0 Å². The summed E-state index contributed by atoms with van der Waals surface area (Å²) in [6.45, 7) is 8.12. The van der Waals surface area contributed by atoms with Gasteiger partial charge in [-0.05, 0) is 62.7 Å². The molecule has 0 saturated carbocycles. The number of rotatable bonds is 11. The second-order valence-electron chi connectivity index (χ2n) is 7.22. The molecule has 2 rings (SSSR count). The lowest BCUT2D eigenvalue weighted by atomic mass is 10.1. The third-order valence-electron chi connectivity index (χ3n) is 4.95. The maximum absolute atomic E-state index is 12.8. The van der Waals surface area contributed by atoms with Crippen LogP contribution in [0.2, 0.25) is 0 Å². The Labute approximate surface area is 194 Å². The van der Waals surface area contributed by atoms with Crippen LogP contribution in [-0.4, -0.2) is 42.5 Å². The third kappa shape index (κ3) is 8.69. The first kappa shape index (κ1) is 25.4. The molecule has 1 aliphatic heterocycles. The number of nitrogens with one attached hydrogen (secondary N) is 2. The van der Waals surface area contributed by atoms with Crippen molar-refractivity contribution in [3.05, 3.63) is 83.1 Å². The highest BCUT2D eigenvalue weighted by Crippen LogP contribution is 2.18. The van der Waals surface area contributed by atoms with Crippen molar-refractivity contribution in [3.8, 4) is 5.75 Å². The van der Waals surface area contributed by atoms with Gasteiger partial charge in [0, 0.05) is 33.8 Å². The molecular weight excluding hydrogens is 420 g/mol. The maximum Gasteiger partial charge on any atom is 0.119 e. The fourth-order valence-corrected chi connectivity index (χ4v) is 4.58. The summed E-state index contributed by atoms with van der Waals surface area (Å²) in [6.07, 6.45) is 14.5. The van der Waals surface area contributed by atoms with Gasteiger partial charge in [-0.15, -0.1) is 0 Å². The zero-order valence-corrected chi connectivity index (χ0v) is 19.7. The summed E-state index contributed by atoms with van der Waals surface area (Å²) >= 11 is 0. The van der Waals surface area contributed by atoms with E-state index < -0.39 is 10.8 Å². The fourth-order valence-electron chi connectivity index (χ4n) is 3.10. The highest BCUT2D eigenvalue weighted by Gasteiger charge is 2.20. The van der Waals surface area contributed by atoms with E-state index in [1.54, 1.807) is 13.3 Å². The van der Waals surface area contributed by atoms with Crippen LogP contribution in [0.15, 0.2) is 82.5 Å². The molecule has 6 nitrogen and oxygen atoms in total. The van der Waals surface area contributed by atoms with Crippen molar-refractivity contribution in [2.75, 3.05) is 26.9 Å². The lowest BCUT2D eigenvalue weighted by Crippen LogP contribution is -2.33. The van der Waals surface area contributed by atoms with Gasteiger partial charge in [0.05, 0.1) is 17.9 Å². The van der Waals surface area contributed by atoms with Crippen LogP contribution in [0.3, 0.4) is 0 Å². The molecule has 1 heterocycles. The highest BCUT2D eigenvalue weighted by molar-refractivity contribution is 7.89. The minimum Gasteiger partial charge on any atom is -0.497 e. The van der Waals surface area contributed by atoms with Crippen LogP contribution in [0.25, 0.3) is 6.08 Å². The SMILES string of the molecule is C=C(/C=C\C(=C/C)S(=O)C1CCNCC1)NC\N=C/C(=C\N)/C=C/c1cccc(OC)c1. The van der Waals surface area contributed by atoms with E-state index in [9.17, 15) is 4.21 Å². The number of hydrogen-bond donors (Lipinski definition) is 3. The van der Waals surface area contributed by atoms with Crippen LogP contribution in [0.4, 0.5) is 0 Å². The van der Waals surface area contributed by atoms with Crippen LogP contribution in [0.1, 0.15) is 25.3 Å². The molecule has 0 amide bonds. The van der Waals surface area contributed by atoms with E-state index in [1.807, 2.05) is 61.6 Å². The van der Waals surface area contributed by atoms with Gasteiger partial charge >= 0.3 is 0 Å². The van der Waals surface area contributed by atoms with Crippen molar-refractivity contribution in [2.24, 2.45) is 10.7 Å². The first-order valence-electron chi connectivity index (χ1n) is 10.7. The van der Waals surface area contributed by atoms with Crippen molar-refractivity contribution in [2.45, 2.75) is 25.0 Å². The molecule has 1 saturated heterocycles. The number of allylic oxidation sites excluding steroid dienone is 5. The third-order valence-corrected chi connectivity index (χ3v) is 6.86. The first-order chi connectivity index (χ1) is 15.6. The van der Waals surface area contributed by atoms with E-state index in [1.165, 1.54) is 6.20 Å². The topological polar surface area (TPSA) is 88.7 Å². The van der Waals surface area contributed by atoms with E-state index in [0.717, 1.165) is 47.7 Å². The van der Waals surface area contributed by atoms with Gasteiger partial charge in [-0.3, -0.25) is 9.20 Å². The summed E-state index contributed by atoms with van der Waals surface area (Å²) < 4.78 is 18.0. The number of aliphatic imine (C=N–C) groups is 1. The van der Waals surface area contributed by atoms with Crippen LogP contribution >= 0.6 is 0 Å². The zero-order valence-electron chi connectivity index (χ0n) is 18.9. The maximum atomic E-state index is 12.8. The van der Waals surface area contributed by atoms with Gasteiger partial charge in [0.25, 0.3) is 0 Å². The summed E-state index contributed by atoms with van der Waals surface area (Å²) in [5, 5.41) is 6.65. The fraction of sp³-hybridized carbons (Fsp3) is 0.320. The Morgan fingerprint density at radius 3 is 2.81 bits per heavy atom. The van der Waals surface area contributed by atoms with E-state index in [0.29, 0.717) is 12.4 Å². The number of methoxy groups -OCH3 is 1. The summed E-state index contributed by atoms with van der Waals surface area (Å²) in [5.74, 6) is 0.801. The Morgan fingerprint density at radius 1 is 1.34 bits per heavy atom. The van der Waals surface area contributed by atoms with Gasteiger partial charge in [-0.25, -0.2) is 0 Å². The molecule has 0 spiro atoms. The number of piperidine rings is 1. The average Bonchev–Trinajstić information content (AvgIpc) is 2.84. The van der Waals surface area contributed by atoms with Gasteiger partial charge in [0.15, 0.2) is 0 Å². The molecule has 1 fully saturated rings. The van der Waals surface area contributed by atoms with Crippen LogP contribution in [0, 0.1) is 0 Å². The van der Waals surface area contributed by atoms with Crippen LogP contribution < -0.4 is 21.1 Å². The molecule has 0 bridgehead atoms. The number of nitrogens with two attached hydrogens (primary N) is 1. The van der Waals surface area contributed by atoms with Crippen molar-refractivity contribution >= 4 is 23.1 Å². The summed E-state index contributed by atoms with van der Waals surface area (Å²) in [4.78, 5) is 5.18. The van der Waals surface area contributed by atoms with Gasteiger partial charge in [-0.2, -0.15) is 0 Å². The van der Waals surface area contributed by atoms with Gasteiger partial charge in [0.2, 0.25) is 0 Å². The minimum absolute atomic E-state index is 0.212.